The Morgan fingerprint density at radius 2 is 2.14 bits per heavy atom. The fraction of sp³-hybridized carbons (Fsp3) is 0.350. The second-order valence-corrected chi connectivity index (χ2v) is 7.87. The number of hydrogen-bond donors (Lipinski definition) is 1. The highest BCUT2D eigenvalue weighted by atomic mass is 35.5. The third-order valence-corrected chi connectivity index (χ3v) is 6.16. The average molecular weight is 432 g/mol. The zero-order valence-corrected chi connectivity index (χ0v) is 18.3. The predicted octanol–water partition coefficient (Wildman–Crippen LogP) is 3.60. The predicted molar refractivity (Wildman–Crippen MR) is 115 cm³/mol. The molecule has 1 aromatic carbocycles. The van der Waals surface area contributed by atoms with Crippen LogP contribution in [0.25, 0.3) is 0 Å². The van der Waals surface area contributed by atoms with Gasteiger partial charge in [0.15, 0.2) is 5.17 Å². The summed E-state index contributed by atoms with van der Waals surface area (Å²) in [5.41, 5.74) is 8.07. The van der Waals surface area contributed by atoms with Crippen molar-refractivity contribution in [2.24, 2.45) is 10.7 Å². The monoisotopic (exact) mass is 431 g/mol. The summed E-state index contributed by atoms with van der Waals surface area (Å²) >= 11 is 7.49. The van der Waals surface area contributed by atoms with Crippen LogP contribution in [0.2, 0.25) is 5.02 Å². The minimum atomic E-state index is -0.609. The number of methoxy groups -OCH3 is 1. The molecule has 0 bridgehead atoms. The maximum absolute atomic E-state index is 13.5. The first-order valence-electron chi connectivity index (χ1n) is 9.16. The summed E-state index contributed by atoms with van der Waals surface area (Å²) in [6.07, 6.45) is 0. The molecule has 0 unspecified atom stereocenters. The van der Waals surface area contributed by atoms with Crippen LogP contribution in [0.3, 0.4) is 0 Å². The van der Waals surface area contributed by atoms with Gasteiger partial charge < -0.3 is 15.4 Å². The van der Waals surface area contributed by atoms with E-state index >= 15 is 0 Å². The van der Waals surface area contributed by atoms with Crippen molar-refractivity contribution < 1.29 is 9.53 Å². The lowest BCUT2D eigenvalue weighted by Crippen LogP contribution is -2.42. The molecule has 0 aromatic heterocycles. The quantitative estimate of drug-likeness (QED) is 0.765. The molecule has 9 heteroatoms. The zero-order chi connectivity index (χ0) is 21.3. The van der Waals surface area contributed by atoms with E-state index in [1.807, 2.05) is 13.8 Å². The number of rotatable bonds is 5. The molecular formula is C20H22ClN5O2S. The molecule has 7 nitrogen and oxygen atoms in total. The van der Waals surface area contributed by atoms with Crippen LogP contribution in [0.15, 0.2) is 45.2 Å². The Morgan fingerprint density at radius 3 is 2.72 bits per heavy atom. The third kappa shape index (κ3) is 3.56. The molecule has 29 heavy (non-hydrogen) atoms. The number of amidine groups is 1. The van der Waals surface area contributed by atoms with Crippen LogP contribution >= 0.6 is 23.4 Å². The van der Waals surface area contributed by atoms with Crippen molar-refractivity contribution in [3.63, 3.8) is 0 Å². The van der Waals surface area contributed by atoms with Crippen molar-refractivity contribution in [1.29, 1.82) is 5.26 Å². The molecule has 2 heterocycles. The van der Waals surface area contributed by atoms with Gasteiger partial charge in [-0.2, -0.15) is 5.26 Å². The molecule has 0 fully saturated rings. The number of benzene rings is 1. The maximum Gasteiger partial charge on any atom is 0.254 e. The number of carbonyl (C=O) groups is 1. The van der Waals surface area contributed by atoms with Crippen LogP contribution in [0.5, 0.6) is 5.75 Å². The topological polar surface area (TPSA) is 95.0 Å². The molecule has 0 radical (unpaired) electrons. The van der Waals surface area contributed by atoms with Gasteiger partial charge in [0.25, 0.3) is 5.91 Å². The highest BCUT2D eigenvalue weighted by Crippen LogP contribution is 2.47. The van der Waals surface area contributed by atoms with Gasteiger partial charge in [-0.25, -0.2) is 4.99 Å². The number of halogens is 1. The number of amides is 1. The number of allylic oxidation sites excluding steroid dienone is 2. The summed E-state index contributed by atoms with van der Waals surface area (Å²) in [4.78, 5) is 21.8. The lowest BCUT2D eigenvalue weighted by molar-refractivity contribution is -0.127. The van der Waals surface area contributed by atoms with E-state index in [0.717, 1.165) is 0 Å². The zero-order valence-electron chi connectivity index (χ0n) is 16.7. The first-order valence-corrected chi connectivity index (χ1v) is 10.4. The average Bonchev–Trinajstić information content (AvgIpc) is 3.02. The van der Waals surface area contributed by atoms with Crippen LogP contribution in [-0.2, 0) is 4.79 Å². The minimum Gasteiger partial charge on any atom is -0.496 e. The van der Waals surface area contributed by atoms with Gasteiger partial charge in [-0.05, 0) is 50.7 Å². The number of nitrogens with two attached hydrogens (primary N) is 1. The lowest BCUT2D eigenvalue weighted by atomic mass is 9.92. The van der Waals surface area contributed by atoms with Crippen molar-refractivity contribution in [3.05, 3.63) is 50.8 Å². The molecule has 3 rings (SSSR count). The number of nitriles is 1. The summed E-state index contributed by atoms with van der Waals surface area (Å²) in [6, 6.07) is 6.75. The number of fused-ring (bicyclic) bond motifs is 1. The molecule has 0 saturated heterocycles. The first kappa shape index (κ1) is 21.1. The van der Waals surface area contributed by atoms with Crippen molar-refractivity contribution >= 4 is 34.4 Å². The number of hydrogen-bond acceptors (Lipinski definition) is 7. The van der Waals surface area contributed by atoms with Gasteiger partial charge in [0.1, 0.15) is 22.5 Å². The number of ether oxygens (including phenoxy) is 1. The Bertz CT molecular complexity index is 991. The van der Waals surface area contributed by atoms with E-state index < -0.39 is 6.04 Å². The molecule has 152 valence electrons. The first-order chi connectivity index (χ1) is 13.9. The van der Waals surface area contributed by atoms with Gasteiger partial charge in [-0.3, -0.25) is 9.69 Å². The van der Waals surface area contributed by atoms with Crippen molar-refractivity contribution in [1.82, 2.24) is 9.80 Å². The highest BCUT2D eigenvalue weighted by molar-refractivity contribution is 8.17. The molecule has 0 spiro atoms. The third-order valence-electron chi connectivity index (χ3n) is 4.95. The normalized spacial score (nSPS) is 18.4. The summed E-state index contributed by atoms with van der Waals surface area (Å²) < 4.78 is 5.57. The van der Waals surface area contributed by atoms with Gasteiger partial charge in [0.05, 0.1) is 24.4 Å². The van der Waals surface area contributed by atoms with E-state index in [1.165, 1.54) is 11.8 Å². The second kappa shape index (κ2) is 8.39. The molecule has 1 atom stereocenters. The molecule has 1 amide bonds. The Labute approximate surface area is 179 Å². The molecule has 2 aliphatic rings. The van der Waals surface area contributed by atoms with Crippen LogP contribution in [-0.4, -0.2) is 41.1 Å². The summed E-state index contributed by atoms with van der Waals surface area (Å²) in [7, 11) is 1.56. The molecule has 2 N–H and O–H groups in total. The SMILES string of the molecule is CCN(CC)C(=O)C1=C(C)N=C2SC(C#N)=C(N)N2[C@H]1c1cc(Cl)ccc1OC. The number of likely N-dealkylation sites (N-methyl/N-ethyl adjacent to an activating group) is 1. The van der Waals surface area contributed by atoms with E-state index in [1.54, 1.807) is 42.0 Å². The van der Waals surface area contributed by atoms with E-state index in [0.29, 0.717) is 50.8 Å². The van der Waals surface area contributed by atoms with Gasteiger partial charge >= 0.3 is 0 Å². The number of carbonyl (C=O) groups excluding carboxylic acids is 1. The van der Waals surface area contributed by atoms with Crippen LogP contribution in [0.1, 0.15) is 32.4 Å². The number of thioether (sulfide) groups is 1. The van der Waals surface area contributed by atoms with Crippen molar-refractivity contribution in [3.8, 4) is 11.8 Å². The maximum atomic E-state index is 13.5. The fourth-order valence-corrected chi connectivity index (χ4v) is 4.60. The highest BCUT2D eigenvalue weighted by Gasteiger charge is 2.43. The largest absolute Gasteiger partial charge is 0.496 e. The van der Waals surface area contributed by atoms with Crippen molar-refractivity contribution in [2.75, 3.05) is 20.2 Å². The molecular weight excluding hydrogens is 410 g/mol. The van der Waals surface area contributed by atoms with E-state index in [2.05, 4.69) is 11.1 Å². The van der Waals surface area contributed by atoms with E-state index in [9.17, 15) is 10.1 Å². The summed E-state index contributed by atoms with van der Waals surface area (Å²) in [6.45, 7) is 6.78. The fourth-order valence-electron chi connectivity index (χ4n) is 3.51. The Balaban J connectivity index is 2.28. The number of aliphatic imine (C=N–C) groups is 1. The van der Waals surface area contributed by atoms with E-state index in [4.69, 9.17) is 22.1 Å². The minimum absolute atomic E-state index is 0.134. The van der Waals surface area contributed by atoms with Crippen LogP contribution in [0.4, 0.5) is 0 Å². The molecule has 2 aliphatic heterocycles. The van der Waals surface area contributed by atoms with Gasteiger partial charge in [0, 0.05) is 23.7 Å². The Kier molecular flexibility index (Phi) is 6.10. The van der Waals surface area contributed by atoms with Gasteiger partial charge in [-0.1, -0.05) is 11.6 Å². The molecule has 1 aromatic rings. The van der Waals surface area contributed by atoms with Crippen LogP contribution in [0, 0.1) is 11.3 Å². The molecule has 0 saturated carbocycles. The summed E-state index contributed by atoms with van der Waals surface area (Å²) in [5, 5.41) is 10.5. The van der Waals surface area contributed by atoms with Crippen LogP contribution < -0.4 is 10.5 Å². The summed E-state index contributed by atoms with van der Waals surface area (Å²) in [5.74, 6) is 0.702. The Hall–Kier alpha value is -2.63. The second-order valence-electron chi connectivity index (χ2n) is 6.46. The molecule has 0 aliphatic carbocycles. The lowest BCUT2D eigenvalue weighted by Gasteiger charge is -2.37. The number of nitrogens with zero attached hydrogens (tertiary/aromatic N) is 4. The standard InChI is InChI=1S/C20H22ClN5O2S/c1-5-25(6-2)19(27)16-11(3)24-20-26(18(23)15(10-22)29-20)17(16)13-9-12(21)7-8-14(13)28-4/h7-9,17H,5-6,23H2,1-4H3/t17-/m0/s1. The van der Waals surface area contributed by atoms with Gasteiger partial charge in [-0.15, -0.1) is 0 Å². The van der Waals surface area contributed by atoms with E-state index in [-0.39, 0.29) is 11.7 Å². The van der Waals surface area contributed by atoms with Crippen molar-refractivity contribution in [2.45, 2.75) is 26.8 Å². The smallest absolute Gasteiger partial charge is 0.254 e. The van der Waals surface area contributed by atoms with Gasteiger partial charge in [0.2, 0.25) is 0 Å². The Morgan fingerprint density at radius 1 is 1.45 bits per heavy atom.